The SMILES string of the molecule is CCOC(=O)Cc1c(C)n(C(=O)c2ccc(Cl)cc2)c2ccc(C)cc12.CCOC(=O)Cc1cc(C(=O)n2c(C)c(CC(=O)OCC)c3cc(C)ccc32)ccc1Cl. The highest BCUT2D eigenvalue weighted by Crippen LogP contribution is 2.31. The lowest BCUT2D eigenvalue weighted by Gasteiger charge is -2.10. The Kier molecular flexibility index (Phi) is 14.3. The van der Waals surface area contributed by atoms with Crippen LogP contribution in [0.25, 0.3) is 21.8 Å². The van der Waals surface area contributed by atoms with Gasteiger partial charge in [0, 0.05) is 43.3 Å². The molecular weight excluding hydrogens is 779 g/mol. The topological polar surface area (TPSA) is 123 Å². The maximum absolute atomic E-state index is 13.6. The molecule has 0 unspecified atom stereocenters. The zero-order valence-electron chi connectivity index (χ0n) is 33.7. The number of hydrogen-bond acceptors (Lipinski definition) is 8. The second-order valence-electron chi connectivity index (χ2n) is 13.7. The van der Waals surface area contributed by atoms with Crippen LogP contribution in [0, 0.1) is 27.7 Å². The molecular formula is C46H46Cl2N2O8. The minimum atomic E-state index is -0.409. The largest absolute Gasteiger partial charge is 0.466 e. The molecule has 2 aromatic heterocycles. The van der Waals surface area contributed by atoms with E-state index in [-0.39, 0.29) is 49.6 Å². The van der Waals surface area contributed by atoms with Crippen molar-refractivity contribution in [2.24, 2.45) is 0 Å². The van der Waals surface area contributed by atoms with E-state index < -0.39 is 5.97 Å². The van der Waals surface area contributed by atoms with Gasteiger partial charge in [-0.25, -0.2) is 0 Å². The summed E-state index contributed by atoms with van der Waals surface area (Å²) in [6.07, 6.45) is 0.196. The fourth-order valence-corrected chi connectivity index (χ4v) is 7.25. The van der Waals surface area contributed by atoms with Gasteiger partial charge >= 0.3 is 17.9 Å². The van der Waals surface area contributed by atoms with Crippen LogP contribution in [0.1, 0.15) is 80.7 Å². The van der Waals surface area contributed by atoms with Crippen LogP contribution in [0.2, 0.25) is 10.0 Å². The van der Waals surface area contributed by atoms with Gasteiger partial charge in [0.05, 0.1) is 50.1 Å². The molecule has 12 heteroatoms. The van der Waals surface area contributed by atoms with Crippen LogP contribution in [-0.2, 0) is 47.9 Å². The fourth-order valence-electron chi connectivity index (χ4n) is 6.94. The molecule has 0 saturated heterocycles. The molecule has 0 N–H and O–H groups in total. The highest BCUT2D eigenvalue weighted by atomic mass is 35.5. The molecule has 10 nitrogen and oxygen atoms in total. The van der Waals surface area contributed by atoms with Gasteiger partial charge in [0.2, 0.25) is 0 Å². The van der Waals surface area contributed by atoms with Crippen LogP contribution >= 0.6 is 23.2 Å². The molecule has 58 heavy (non-hydrogen) atoms. The van der Waals surface area contributed by atoms with Crippen LogP contribution in [0.4, 0.5) is 0 Å². The Morgan fingerprint density at radius 2 is 0.931 bits per heavy atom. The molecule has 0 radical (unpaired) electrons. The molecule has 0 spiro atoms. The molecule has 0 fully saturated rings. The van der Waals surface area contributed by atoms with Gasteiger partial charge in [-0.05, 0) is 132 Å². The highest BCUT2D eigenvalue weighted by molar-refractivity contribution is 6.31. The first-order valence-electron chi connectivity index (χ1n) is 19.0. The fraction of sp³-hybridized carbons (Fsp3) is 0.283. The number of nitrogens with zero attached hydrogens (tertiary/aromatic N) is 2. The van der Waals surface area contributed by atoms with Crippen LogP contribution in [0.3, 0.4) is 0 Å². The Hall–Kier alpha value is -5.71. The van der Waals surface area contributed by atoms with Gasteiger partial charge in [-0.2, -0.15) is 0 Å². The molecule has 0 aliphatic rings. The number of fused-ring (bicyclic) bond motifs is 2. The van der Waals surface area contributed by atoms with E-state index in [4.69, 9.17) is 37.4 Å². The Labute approximate surface area is 347 Å². The first kappa shape index (κ1) is 43.4. The molecule has 0 aliphatic carbocycles. The number of esters is 3. The quantitative estimate of drug-likeness (QED) is 0.0936. The van der Waals surface area contributed by atoms with Crippen molar-refractivity contribution in [1.82, 2.24) is 9.13 Å². The average molecular weight is 826 g/mol. The van der Waals surface area contributed by atoms with Crippen molar-refractivity contribution < 1.29 is 38.2 Å². The third kappa shape index (κ3) is 9.69. The van der Waals surface area contributed by atoms with Crippen molar-refractivity contribution in [2.75, 3.05) is 19.8 Å². The molecule has 0 atom stereocenters. The average Bonchev–Trinajstić information content (AvgIpc) is 3.60. The number of hydrogen-bond donors (Lipinski definition) is 0. The number of halogens is 2. The third-order valence-electron chi connectivity index (χ3n) is 9.66. The lowest BCUT2D eigenvalue weighted by molar-refractivity contribution is -0.143. The lowest BCUT2D eigenvalue weighted by atomic mass is 10.1. The summed E-state index contributed by atoms with van der Waals surface area (Å²) in [5, 5.41) is 2.71. The monoisotopic (exact) mass is 824 g/mol. The summed E-state index contributed by atoms with van der Waals surface area (Å²) >= 11 is 12.2. The number of aromatic nitrogens is 2. The summed E-state index contributed by atoms with van der Waals surface area (Å²) < 4.78 is 18.5. The van der Waals surface area contributed by atoms with Gasteiger partial charge in [0.15, 0.2) is 0 Å². The Morgan fingerprint density at radius 3 is 1.38 bits per heavy atom. The normalized spacial score (nSPS) is 10.9. The molecule has 0 aliphatic heterocycles. The van der Waals surface area contributed by atoms with Crippen molar-refractivity contribution in [3.8, 4) is 0 Å². The Balaban J connectivity index is 0.000000226. The molecule has 0 saturated carbocycles. The number of aryl methyl sites for hydroxylation is 2. The zero-order chi connectivity index (χ0) is 42.3. The maximum Gasteiger partial charge on any atom is 0.310 e. The molecule has 2 heterocycles. The Bertz CT molecular complexity index is 2530. The number of rotatable bonds is 11. The summed E-state index contributed by atoms with van der Waals surface area (Å²) in [5.74, 6) is -1.47. The summed E-state index contributed by atoms with van der Waals surface area (Å²) in [4.78, 5) is 62.8. The van der Waals surface area contributed by atoms with Crippen molar-refractivity contribution in [3.63, 3.8) is 0 Å². The lowest BCUT2D eigenvalue weighted by Crippen LogP contribution is -2.15. The predicted molar refractivity (Wildman–Crippen MR) is 226 cm³/mol. The van der Waals surface area contributed by atoms with Crippen molar-refractivity contribution >= 4 is 74.7 Å². The molecule has 4 aromatic carbocycles. The van der Waals surface area contributed by atoms with Crippen molar-refractivity contribution in [3.05, 3.63) is 139 Å². The first-order chi connectivity index (χ1) is 27.7. The van der Waals surface area contributed by atoms with Crippen LogP contribution in [0.15, 0.2) is 78.9 Å². The standard InChI is InChI=1S/C25H26ClNO5.C21H20ClNO3/c1-5-31-23(28)13-18-12-17(8-9-21(18)26)25(30)27-16(4)19(14-24(29)32-6-2)20-11-15(3)7-10-22(20)27;1-4-26-20(24)12-17-14(3)23(19-10-5-13(2)11-18(17)19)21(25)15-6-8-16(22)9-7-15/h7-12H,5-6,13-14H2,1-4H3;5-11H,4,12H2,1-3H3. The van der Waals surface area contributed by atoms with Crippen molar-refractivity contribution in [2.45, 2.75) is 67.7 Å². The summed E-state index contributed by atoms with van der Waals surface area (Å²) in [5.41, 5.74) is 8.04. The minimum Gasteiger partial charge on any atom is -0.466 e. The van der Waals surface area contributed by atoms with Gasteiger partial charge in [-0.3, -0.25) is 33.1 Å². The van der Waals surface area contributed by atoms with Gasteiger partial charge in [-0.1, -0.05) is 46.5 Å². The van der Waals surface area contributed by atoms with E-state index in [1.165, 1.54) is 0 Å². The van der Waals surface area contributed by atoms with Gasteiger partial charge in [-0.15, -0.1) is 0 Å². The second-order valence-corrected chi connectivity index (χ2v) is 14.6. The number of carbonyl (C=O) groups excluding carboxylic acids is 5. The highest BCUT2D eigenvalue weighted by Gasteiger charge is 2.24. The predicted octanol–water partition coefficient (Wildman–Crippen LogP) is 9.52. The number of benzene rings is 4. The molecule has 6 aromatic rings. The van der Waals surface area contributed by atoms with E-state index in [0.29, 0.717) is 51.2 Å². The zero-order valence-corrected chi connectivity index (χ0v) is 35.2. The number of ether oxygens (including phenoxy) is 3. The van der Waals surface area contributed by atoms with E-state index in [2.05, 4.69) is 0 Å². The molecule has 6 rings (SSSR count). The maximum atomic E-state index is 13.6. The van der Waals surface area contributed by atoms with Crippen molar-refractivity contribution in [1.29, 1.82) is 0 Å². The molecule has 0 amide bonds. The Morgan fingerprint density at radius 1 is 0.517 bits per heavy atom. The second kappa shape index (κ2) is 19.2. The van der Waals surface area contributed by atoms with Crippen LogP contribution < -0.4 is 0 Å². The minimum absolute atomic E-state index is 0.0213. The van der Waals surface area contributed by atoms with E-state index >= 15 is 0 Å². The van der Waals surface area contributed by atoms with Gasteiger partial charge in [0.25, 0.3) is 11.8 Å². The first-order valence-corrected chi connectivity index (χ1v) is 19.8. The van der Waals surface area contributed by atoms with E-state index in [1.807, 2.05) is 64.1 Å². The third-order valence-corrected chi connectivity index (χ3v) is 10.3. The molecule has 302 valence electrons. The van der Waals surface area contributed by atoms with E-state index in [1.54, 1.807) is 72.4 Å². The van der Waals surface area contributed by atoms with Gasteiger partial charge < -0.3 is 14.2 Å². The van der Waals surface area contributed by atoms with Crippen LogP contribution in [0.5, 0.6) is 0 Å². The van der Waals surface area contributed by atoms with Crippen LogP contribution in [-0.4, -0.2) is 58.7 Å². The van der Waals surface area contributed by atoms with E-state index in [9.17, 15) is 24.0 Å². The summed E-state index contributed by atoms with van der Waals surface area (Å²) in [7, 11) is 0. The summed E-state index contributed by atoms with van der Waals surface area (Å²) in [6, 6.07) is 23.3. The number of carbonyl (C=O) groups is 5. The summed E-state index contributed by atoms with van der Waals surface area (Å²) in [6.45, 7) is 13.8. The molecule has 0 bridgehead atoms. The van der Waals surface area contributed by atoms with Gasteiger partial charge in [0.1, 0.15) is 0 Å². The smallest absolute Gasteiger partial charge is 0.310 e. The van der Waals surface area contributed by atoms with E-state index in [0.717, 1.165) is 44.2 Å².